The zero-order valence-corrected chi connectivity index (χ0v) is 16.9. The van der Waals surface area contributed by atoms with Gasteiger partial charge in [-0.15, -0.1) is 13.2 Å². The number of hydrogen-bond donors (Lipinski definition) is 1. The van der Waals surface area contributed by atoms with E-state index in [4.69, 9.17) is 0 Å². The van der Waals surface area contributed by atoms with E-state index in [9.17, 15) is 27.2 Å². The quantitative estimate of drug-likeness (QED) is 0.459. The van der Waals surface area contributed by atoms with Gasteiger partial charge >= 0.3 is 6.36 Å². The van der Waals surface area contributed by atoms with E-state index in [-0.39, 0.29) is 11.2 Å². The van der Waals surface area contributed by atoms with Crippen molar-refractivity contribution >= 4 is 22.5 Å². The van der Waals surface area contributed by atoms with Crippen LogP contribution in [0.3, 0.4) is 0 Å². The Morgan fingerprint density at radius 1 is 1.09 bits per heavy atom. The molecule has 170 valence electrons. The van der Waals surface area contributed by atoms with Gasteiger partial charge in [0, 0.05) is 11.1 Å². The molecule has 0 atom stereocenters. The number of hydrogen-bond acceptors (Lipinski definition) is 5. The third kappa shape index (κ3) is 4.84. The molecule has 2 aromatic carbocycles. The van der Waals surface area contributed by atoms with Gasteiger partial charge in [0.1, 0.15) is 23.6 Å². The molecule has 1 amide bonds. The third-order valence-electron chi connectivity index (χ3n) is 4.60. The molecule has 4 aromatic rings. The Hall–Kier alpha value is -4.22. The number of alkyl halides is 3. The highest BCUT2D eigenvalue weighted by Gasteiger charge is 2.31. The lowest BCUT2D eigenvalue weighted by molar-refractivity contribution is -0.274. The summed E-state index contributed by atoms with van der Waals surface area (Å²) in [6, 6.07) is 9.93. The number of nitrogens with one attached hydrogen (secondary N) is 1. The Balaban J connectivity index is 1.58. The van der Waals surface area contributed by atoms with Gasteiger partial charge in [0.15, 0.2) is 0 Å². The van der Waals surface area contributed by atoms with Crippen molar-refractivity contribution in [2.45, 2.75) is 19.8 Å². The van der Waals surface area contributed by atoms with E-state index in [2.05, 4.69) is 20.3 Å². The summed E-state index contributed by atoms with van der Waals surface area (Å²) in [6.45, 7) is 1.19. The lowest BCUT2D eigenvalue weighted by Crippen LogP contribution is -2.31. The van der Waals surface area contributed by atoms with Crippen LogP contribution >= 0.6 is 0 Å². The van der Waals surface area contributed by atoms with Crippen molar-refractivity contribution in [1.82, 2.24) is 19.6 Å². The fourth-order valence-corrected chi connectivity index (χ4v) is 3.18. The van der Waals surface area contributed by atoms with E-state index < -0.39 is 35.9 Å². The summed E-state index contributed by atoms with van der Waals surface area (Å²) in [5, 5.41) is 11.3. The summed E-state index contributed by atoms with van der Waals surface area (Å²) >= 11 is 0. The van der Waals surface area contributed by atoms with Crippen LogP contribution in [0, 0.1) is 12.7 Å². The van der Waals surface area contributed by atoms with E-state index in [1.807, 2.05) is 0 Å². The number of benzene rings is 2. The number of amides is 1. The van der Waals surface area contributed by atoms with Crippen LogP contribution in [0.15, 0.2) is 59.5 Å². The van der Waals surface area contributed by atoms with Crippen molar-refractivity contribution in [3.8, 4) is 11.4 Å². The zero-order valence-electron chi connectivity index (χ0n) is 16.9. The number of aryl methyl sites for hydroxylation is 1. The Morgan fingerprint density at radius 3 is 2.39 bits per heavy atom. The number of ether oxygens (including phenoxy) is 1. The molecule has 0 spiro atoms. The summed E-state index contributed by atoms with van der Waals surface area (Å²) in [7, 11) is 0. The van der Waals surface area contributed by atoms with Crippen LogP contribution < -0.4 is 15.6 Å². The maximum Gasteiger partial charge on any atom is 0.573 e. The van der Waals surface area contributed by atoms with Crippen molar-refractivity contribution in [2.75, 3.05) is 5.32 Å². The molecular formula is C21H15F4N5O3. The summed E-state index contributed by atoms with van der Waals surface area (Å²) in [4.78, 5) is 25.5. The number of carbonyl (C=O) groups is 1. The number of anilines is 1. The first kappa shape index (κ1) is 22.0. The van der Waals surface area contributed by atoms with Gasteiger partial charge in [0.25, 0.3) is 5.56 Å². The minimum Gasteiger partial charge on any atom is -0.406 e. The summed E-state index contributed by atoms with van der Waals surface area (Å²) in [5.41, 5.74) is 0.666. The van der Waals surface area contributed by atoms with Gasteiger partial charge in [-0.1, -0.05) is 0 Å². The van der Waals surface area contributed by atoms with Crippen molar-refractivity contribution in [3.63, 3.8) is 0 Å². The van der Waals surface area contributed by atoms with Gasteiger partial charge in [0.2, 0.25) is 5.91 Å². The lowest BCUT2D eigenvalue weighted by atomic mass is 10.2. The van der Waals surface area contributed by atoms with Crippen LogP contribution in [0.5, 0.6) is 5.75 Å². The van der Waals surface area contributed by atoms with Crippen LogP contribution in [0.25, 0.3) is 16.6 Å². The van der Waals surface area contributed by atoms with Crippen molar-refractivity contribution in [1.29, 1.82) is 0 Å². The fraction of sp³-hybridized carbons (Fsp3) is 0.143. The zero-order chi connectivity index (χ0) is 23.8. The average Bonchev–Trinajstić information content (AvgIpc) is 3.19. The average molecular weight is 461 g/mol. The molecule has 4 rings (SSSR count). The Kier molecular flexibility index (Phi) is 5.58. The molecular weight excluding hydrogens is 446 g/mol. The van der Waals surface area contributed by atoms with Crippen LogP contribution in [0.1, 0.15) is 5.69 Å². The number of carbonyl (C=O) groups excluding carboxylic acids is 1. The molecule has 2 heterocycles. The number of halogens is 4. The minimum absolute atomic E-state index is 0.163. The smallest absolute Gasteiger partial charge is 0.406 e. The van der Waals surface area contributed by atoms with Gasteiger partial charge in [-0.25, -0.2) is 13.8 Å². The fourth-order valence-electron chi connectivity index (χ4n) is 3.18. The van der Waals surface area contributed by atoms with Crippen LogP contribution in [-0.2, 0) is 11.3 Å². The van der Waals surface area contributed by atoms with Gasteiger partial charge in [0.05, 0.1) is 17.6 Å². The van der Waals surface area contributed by atoms with E-state index in [1.165, 1.54) is 47.3 Å². The Morgan fingerprint density at radius 2 is 1.76 bits per heavy atom. The van der Waals surface area contributed by atoms with Gasteiger partial charge in [-0.05, 0) is 55.5 Å². The Labute approximate surface area is 183 Å². The molecule has 0 aliphatic rings. The van der Waals surface area contributed by atoms with E-state index in [0.717, 1.165) is 16.8 Å². The molecule has 8 nitrogen and oxygen atoms in total. The highest BCUT2D eigenvalue weighted by Crippen LogP contribution is 2.24. The molecule has 33 heavy (non-hydrogen) atoms. The first-order valence-corrected chi connectivity index (χ1v) is 9.48. The van der Waals surface area contributed by atoms with Gasteiger partial charge in [-0.2, -0.15) is 10.2 Å². The minimum atomic E-state index is -4.82. The monoisotopic (exact) mass is 461 g/mol. The second-order valence-corrected chi connectivity index (χ2v) is 6.96. The largest absolute Gasteiger partial charge is 0.573 e. The number of rotatable bonds is 5. The molecule has 0 aliphatic carbocycles. The molecule has 12 heteroatoms. The van der Waals surface area contributed by atoms with Crippen LogP contribution in [0.4, 0.5) is 23.2 Å². The molecule has 0 saturated heterocycles. The number of aromatic nitrogens is 4. The second kappa shape index (κ2) is 8.37. The first-order chi connectivity index (χ1) is 15.6. The van der Waals surface area contributed by atoms with Crippen LogP contribution in [-0.4, -0.2) is 31.8 Å². The normalized spacial score (nSPS) is 11.5. The maximum atomic E-state index is 13.3. The second-order valence-electron chi connectivity index (χ2n) is 6.96. The maximum absolute atomic E-state index is 13.3. The lowest BCUT2D eigenvalue weighted by Gasteiger charge is -2.11. The molecule has 1 N–H and O–H groups in total. The standard InChI is InChI=1S/C21H15F4N5O3/c1-12-17-10-26-30(15-6-2-13(22)3-7-15)19(17)20(32)29(28-12)11-18(31)27-14-4-8-16(9-5-14)33-21(23,24)25/h2-10H,11H2,1H3,(H,27,31). The summed E-state index contributed by atoms with van der Waals surface area (Å²) < 4.78 is 56.1. The Bertz CT molecular complexity index is 1380. The molecule has 2 aromatic heterocycles. The molecule has 0 saturated carbocycles. The first-order valence-electron chi connectivity index (χ1n) is 9.48. The van der Waals surface area contributed by atoms with Crippen molar-refractivity contribution < 1.29 is 27.1 Å². The SMILES string of the molecule is Cc1nn(CC(=O)Nc2ccc(OC(F)(F)F)cc2)c(=O)c2c1cnn2-c1ccc(F)cc1. The molecule has 0 radical (unpaired) electrons. The van der Waals surface area contributed by atoms with E-state index in [1.54, 1.807) is 6.92 Å². The number of nitrogens with zero attached hydrogens (tertiary/aromatic N) is 4. The van der Waals surface area contributed by atoms with Gasteiger partial charge in [-0.3, -0.25) is 9.59 Å². The number of fused-ring (bicyclic) bond motifs is 1. The summed E-state index contributed by atoms with van der Waals surface area (Å²) in [6.07, 6.45) is -3.37. The topological polar surface area (TPSA) is 91.0 Å². The summed E-state index contributed by atoms with van der Waals surface area (Å²) in [5.74, 6) is -1.51. The van der Waals surface area contributed by atoms with Gasteiger partial charge < -0.3 is 10.1 Å². The molecule has 0 unspecified atom stereocenters. The highest BCUT2D eigenvalue weighted by molar-refractivity contribution is 5.90. The molecule has 0 fully saturated rings. The van der Waals surface area contributed by atoms with Crippen molar-refractivity contribution in [3.05, 3.63) is 76.6 Å². The predicted molar refractivity (Wildman–Crippen MR) is 110 cm³/mol. The predicted octanol–water partition coefficient (Wildman–Crippen LogP) is 3.57. The third-order valence-corrected chi connectivity index (χ3v) is 4.60. The molecule has 0 aliphatic heterocycles. The van der Waals surface area contributed by atoms with E-state index >= 15 is 0 Å². The molecule has 0 bridgehead atoms. The van der Waals surface area contributed by atoms with Crippen molar-refractivity contribution in [2.24, 2.45) is 0 Å². The van der Waals surface area contributed by atoms with E-state index in [0.29, 0.717) is 16.8 Å². The highest BCUT2D eigenvalue weighted by atomic mass is 19.4. The van der Waals surface area contributed by atoms with Crippen LogP contribution in [0.2, 0.25) is 0 Å².